The van der Waals surface area contributed by atoms with Gasteiger partial charge in [-0.3, -0.25) is 19.9 Å². The van der Waals surface area contributed by atoms with Crippen molar-refractivity contribution in [1.82, 2.24) is 19.7 Å². The molecule has 0 saturated heterocycles. The minimum atomic E-state index is -0.144. The number of hydrogen-bond acceptors (Lipinski definition) is 6. The average molecular weight is 463 g/mol. The van der Waals surface area contributed by atoms with Gasteiger partial charge in [0.2, 0.25) is 5.91 Å². The fraction of sp³-hybridized carbons (Fsp3) is 0.250. The Hall–Kier alpha value is -3.59. The van der Waals surface area contributed by atoms with E-state index in [1.165, 1.54) is 17.3 Å². The van der Waals surface area contributed by atoms with E-state index in [2.05, 4.69) is 27.4 Å². The third-order valence-electron chi connectivity index (χ3n) is 5.17. The van der Waals surface area contributed by atoms with Gasteiger partial charge in [-0.05, 0) is 62.2 Å². The topological polar surface area (TPSA) is 109 Å². The van der Waals surface area contributed by atoms with Crippen LogP contribution in [0.4, 0.5) is 5.69 Å². The van der Waals surface area contributed by atoms with Gasteiger partial charge in [-0.2, -0.15) is 5.10 Å². The number of aryl methyl sites for hydroxylation is 2. The number of H-pyrrole nitrogens is 1. The van der Waals surface area contributed by atoms with Crippen molar-refractivity contribution in [2.24, 2.45) is 0 Å². The van der Waals surface area contributed by atoms with Crippen LogP contribution >= 0.6 is 11.8 Å². The molecule has 0 aliphatic carbocycles. The van der Waals surface area contributed by atoms with Gasteiger partial charge in [0.25, 0.3) is 0 Å². The fourth-order valence-electron chi connectivity index (χ4n) is 3.47. The summed E-state index contributed by atoms with van der Waals surface area (Å²) >= 11 is 1.26. The second kappa shape index (κ2) is 9.91. The third kappa shape index (κ3) is 4.93. The molecule has 0 fully saturated rings. The molecule has 9 heteroatoms. The maximum Gasteiger partial charge on any atom is 0.234 e. The van der Waals surface area contributed by atoms with Gasteiger partial charge in [0.15, 0.2) is 10.8 Å². The van der Waals surface area contributed by atoms with E-state index >= 15 is 0 Å². The molecule has 0 spiro atoms. The lowest BCUT2D eigenvalue weighted by Gasteiger charge is -2.14. The molecule has 33 heavy (non-hydrogen) atoms. The SMILES string of the molecule is CCOc1ccc(-n2c(SCC(=O)Nc3ccc(CC)cc3)nc3n[nH]c(C)c3c2=N)cc1. The van der Waals surface area contributed by atoms with Crippen molar-refractivity contribution in [3.63, 3.8) is 0 Å². The molecule has 0 atom stereocenters. The van der Waals surface area contributed by atoms with Crippen LogP contribution in [0.2, 0.25) is 0 Å². The first-order valence-corrected chi connectivity index (χ1v) is 11.8. The minimum Gasteiger partial charge on any atom is -0.494 e. The highest BCUT2D eigenvalue weighted by Gasteiger charge is 2.16. The van der Waals surface area contributed by atoms with Gasteiger partial charge < -0.3 is 10.1 Å². The van der Waals surface area contributed by atoms with E-state index in [0.29, 0.717) is 22.8 Å². The summed E-state index contributed by atoms with van der Waals surface area (Å²) in [6.07, 6.45) is 0.950. The Morgan fingerprint density at radius 2 is 1.88 bits per heavy atom. The summed E-state index contributed by atoms with van der Waals surface area (Å²) in [5, 5.41) is 20.0. The number of aromatic amines is 1. The van der Waals surface area contributed by atoms with Crippen molar-refractivity contribution in [1.29, 1.82) is 5.41 Å². The van der Waals surface area contributed by atoms with Crippen LogP contribution in [-0.2, 0) is 11.2 Å². The number of amides is 1. The summed E-state index contributed by atoms with van der Waals surface area (Å²) in [4.78, 5) is 17.2. The quantitative estimate of drug-likeness (QED) is 0.268. The Kier molecular flexibility index (Phi) is 6.79. The predicted molar refractivity (Wildman–Crippen MR) is 130 cm³/mol. The number of thioether (sulfide) groups is 1. The number of hydrogen-bond donors (Lipinski definition) is 3. The lowest BCUT2D eigenvalue weighted by Crippen LogP contribution is -2.23. The van der Waals surface area contributed by atoms with Crippen LogP contribution in [0.1, 0.15) is 25.1 Å². The molecule has 4 aromatic rings. The lowest BCUT2D eigenvalue weighted by molar-refractivity contribution is -0.113. The third-order valence-corrected chi connectivity index (χ3v) is 6.10. The Balaban J connectivity index is 1.62. The molecule has 2 heterocycles. The summed E-state index contributed by atoms with van der Waals surface area (Å²) in [6.45, 7) is 6.47. The minimum absolute atomic E-state index is 0.144. The van der Waals surface area contributed by atoms with Gasteiger partial charge in [-0.15, -0.1) is 0 Å². The number of benzene rings is 2. The normalized spacial score (nSPS) is 11.0. The van der Waals surface area contributed by atoms with E-state index in [0.717, 1.165) is 29.2 Å². The zero-order valence-electron chi connectivity index (χ0n) is 18.8. The summed E-state index contributed by atoms with van der Waals surface area (Å²) in [5.41, 5.74) is 4.22. The van der Waals surface area contributed by atoms with Crippen LogP contribution in [0.5, 0.6) is 5.75 Å². The van der Waals surface area contributed by atoms with Crippen molar-refractivity contribution in [2.45, 2.75) is 32.3 Å². The smallest absolute Gasteiger partial charge is 0.234 e. The number of anilines is 1. The number of carbonyl (C=O) groups excluding carboxylic acids is 1. The van der Waals surface area contributed by atoms with Gasteiger partial charge >= 0.3 is 0 Å². The fourth-order valence-corrected chi connectivity index (χ4v) is 4.28. The van der Waals surface area contributed by atoms with E-state index in [9.17, 15) is 4.79 Å². The molecule has 0 aliphatic rings. The highest BCUT2D eigenvalue weighted by molar-refractivity contribution is 7.99. The van der Waals surface area contributed by atoms with Gasteiger partial charge in [0.05, 0.1) is 17.7 Å². The molecule has 4 rings (SSSR count). The molecule has 0 radical (unpaired) electrons. The molecule has 0 saturated carbocycles. The predicted octanol–water partition coefficient (Wildman–Crippen LogP) is 4.23. The Morgan fingerprint density at radius 1 is 1.15 bits per heavy atom. The van der Waals surface area contributed by atoms with E-state index in [1.54, 1.807) is 4.57 Å². The number of aromatic nitrogens is 4. The van der Waals surface area contributed by atoms with Crippen molar-refractivity contribution < 1.29 is 9.53 Å². The van der Waals surface area contributed by atoms with E-state index in [1.807, 2.05) is 62.4 Å². The van der Waals surface area contributed by atoms with E-state index < -0.39 is 0 Å². The van der Waals surface area contributed by atoms with Crippen molar-refractivity contribution in [3.8, 4) is 11.4 Å². The van der Waals surface area contributed by atoms with Crippen molar-refractivity contribution in [3.05, 3.63) is 65.3 Å². The van der Waals surface area contributed by atoms with Crippen LogP contribution in [0.3, 0.4) is 0 Å². The van der Waals surface area contributed by atoms with Gasteiger partial charge in [0.1, 0.15) is 11.2 Å². The van der Waals surface area contributed by atoms with E-state index in [-0.39, 0.29) is 17.1 Å². The molecule has 1 amide bonds. The average Bonchev–Trinajstić information content (AvgIpc) is 3.20. The van der Waals surface area contributed by atoms with Crippen LogP contribution in [-0.4, -0.2) is 38.0 Å². The monoisotopic (exact) mass is 462 g/mol. The molecule has 2 aromatic heterocycles. The highest BCUT2D eigenvalue weighted by Crippen LogP contribution is 2.23. The number of fused-ring (bicyclic) bond motifs is 1. The van der Waals surface area contributed by atoms with Crippen LogP contribution in [0.25, 0.3) is 16.7 Å². The first-order valence-electron chi connectivity index (χ1n) is 10.8. The zero-order valence-corrected chi connectivity index (χ0v) is 19.6. The summed E-state index contributed by atoms with van der Waals surface area (Å²) in [6, 6.07) is 15.3. The largest absolute Gasteiger partial charge is 0.494 e. The van der Waals surface area contributed by atoms with Crippen LogP contribution in [0.15, 0.2) is 53.7 Å². The Labute approximate surface area is 195 Å². The van der Waals surface area contributed by atoms with Crippen LogP contribution < -0.4 is 15.5 Å². The molecule has 170 valence electrons. The molecule has 0 bridgehead atoms. The Bertz CT molecular complexity index is 1330. The lowest BCUT2D eigenvalue weighted by atomic mass is 10.1. The first kappa shape index (κ1) is 22.6. The highest BCUT2D eigenvalue weighted by atomic mass is 32.2. The number of nitrogens with zero attached hydrogens (tertiary/aromatic N) is 3. The molecule has 0 unspecified atom stereocenters. The van der Waals surface area contributed by atoms with Crippen molar-refractivity contribution in [2.75, 3.05) is 17.7 Å². The van der Waals surface area contributed by atoms with Crippen LogP contribution in [0, 0.1) is 12.3 Å². The molecule has 0 aliphatic heterocycles. The van der Waals surface area contributed by atoms with Crippen molar-refractivity contribution >= 4 is 34.4 Å². The summed E-state index contributed by atoms with van der Waals surface area (Å²) < 4.78 is 7.27. The van der Waals surface area contributed by atoms with E-state index in [4.69, 9.17) is 10.1 Å². The molecular formula is C24H26N6O2S. The molecule has 2 aromatic carbocycles. The second-order valence-corrected chi connectivity index (χ2v) is 8.38. The summed E-state index contributed by atoms with van der Waals surface area (Å²) in [7, 11) is 0. The zero-order chi connectivity index (χ0) is 23.4. The first-order chi connectivity index (χ1) is 16.0. The molecule has 3 N–H and O–H groups in total. The molecule has 8 nitrogen and oxygen atoms in total. The van der Waals surface area contributed by atoms with Gasteiger partial charge in [-0.1, -0.05) is 30.8 Å². The molecular weight excluding hydrogens is 436 g/mol. The number of ether oxygens (including phenoxy) is 1. The number of nitrogens with one attached hydrogen (secondary N) is 3. The van der Waals surface area contributed by atoms with Gasteiger partial charge in [0, 0.05) is 17.1 Å². The maximum absolute atomic E-state index is 12.6. The van der Waals surface area contributed by atoms with Gasteiger partial charge in [-0.25, -0.2) is 4.98 Å². The second-order valence-electron chi connectivity index (χ2n) is 7.44. The Morgan fingerprint density at radius 3 is 2.55 bits per heavy atom. The number of rotatable bonds is 8. The number of carbonyl (C=O) groups is 1. The summed E-state index contributed by atoms with van der Waals surface area (Å²) in [5.74, 6) is 0.757. The maximum atomic E-state index is 12.6. The standard InChI is InChI=1S/C24H26N6O2S/c1-4-16-6-8-17(9-7-16)26-20(31)14-33-24-27-23-21(15(3)28-29-23)22(25)30(24)18-10-12-19(13-11-18)32-5-2/h6-13,25H,4-5,14H2,1-3H3,(H,26,31)(H,28,29).